The van der Waals surface area contributed by atoms with Crippen molar-refractivity contribution in [3.63, 3.8) is 0 Å². The van der Waals surface area contributed by atoms with Crippen molar-refractivity contribution in [2.75, 3.05) is 30.5 Å². The Hall–Kier alpha value is -3.84. The van der Waals surface area contributed by atoms with Gasteiger partial charge in [-0.3, -0.25) is 4.79 Å². The summed E-state index contributed by atoms with van der Waals surface area (Å²) in [4.78, 5) is 40.4. The van der Waals surface area contributed by atoms with Crippen LogP contribution in [0.5, 0.6) is 5.75 Å². The lowest BCUT2D eigenvalue weighted by Gasteiger charge is -2.26. The number of nitrogens with one attached hydrogen (secondary N) is 2. The van der Waals surface area contributed by atoms with Crippen molar-refractivity contribution >= 4 is 39.4 Å². The lowest BCUT2D eigenvalue weighted by atomic mass is 10.1. The van der Waals surface area contributed by atoms with E-state index in [0.29, 0.717) is 29.1 Å². The van der Waals surface area contributed by atoms with Crippen LogP contribution in [0.25, 0.3) is 11.4 Å². The molecule has 13 heteroatoms. The minimum atomic E-state index is -0.652. The fraction of sp³-hybridized carbons (Fsp3) is 0.370. The monoisotopic (exact) mass is 616 g/mol. The molecule has 0 bridgehead atoms. The summed E-state index contributed by atoms with van der Waals surface area (Å²) in [6.45, 7) is 5.45. The Balaban J connectivity index is 1.58. The molecule has 0 aliphatic carbocycles. The summed E-state index contributed by atoms with van der Waals surface area (Å²) in [6.07, 6.45) is 1.24. The Morgan fingerprint density at radius 1 is 1.20 bits per heavy atom. The van der Waals surface area contributed by atoms with Gasteiger partial charge in [0.15, 0.2) is 11.6 Å². The van der Waals surface area contributed by atoms with E-state index in [9.17, 15) is 19.1 Å². The molecule has 40 heavy (non-hydrogen) atoms. The Kier molecular flexibility index (Phi) is 8.84. The van der Waals surface area contributed by atoms with Gasteiger partial charge in [-0.05, 0) is 73.5 Å². The second-order valence-electron chi connectivity index (χ2n) is 10.1. The molecule has 0 radical (unpaired) electrons. The average Bonchev–Trinajstić information content (AvgIpc) is 3.30. The Bertz CT molecular complexity index is 1400. The number of methoxy groups -OCH3 is 1. The number of carbonyl (C=O) groups is 2. The zero-order chi connectivity index (χ0) is 29.0. The molecule has 4 rings (SSSR count). The Morgan fingerprint density at radius 3 is 2.67 bits per heavy atom. The highest BCUT2D eigenvalue weighted by Gasteiger charge is 2.36. The molecule has 1 aliphatic rings. The summed E-state index contributed by atoms with van der Waals surface area (Å²) in [5.41, 5.74) is -0.264. The van der Waals surface area contributed by atoms with E-state index < -0.39 is 23.4 Å². The van der Waals surface area contributed by atoms with Gasteiger partial charge in [-0.25, -0.2) is 24.1 Å². The summed E-state index contributed by atoms with van der Waals surface area (Å²) in [5, 5.41) is 15.7. The van der Waals surface area contributed by atoms with Crippen molar-refractivity contribution < 1.29 is 28.6 Å². The molecule has 2 atom stereocenters. The fourth-order valence-corrected chi connectivity index (χ4v) is 4.65. The van der Waals surface area contributed by atoms with Gasteiger partial charge in [0.25, 0.3) is 5.91 Å². The quantitative estimate of drug-likeness (QED) is 0.334. The van der Waals surface area contributed by atoms with Crippen molar-refractivity contribution in [3.05, 3.63) is 58.7 Å². The number of nitrogens with zero attached hydrogens (tertiary/aromatic N) is 4. The Labute approximate surface area is 239 Å². The molecular formula is C27H30BrFN6O5. The maximum Gasteiger partial charge on any atom is 0.407 e. The number of anilines is 2. The maximum atomic E-state index is 14.6. The van der Waals surface area contributed by atoms with Crippen LogP contribution in [0.1, 0.15) is 37.7 Å². The second-order valence-corrected chi connectivity index (χ2v) is 10.9. The number of carbonyl (C=O) groups excluding carboxylic acids is 2. The van der Waals surface area contributed by atoms with E-state index >= 15 is 0 Å². The van der Waals surface area contributed by atoms with Crippen LogP contribution in [-0.4, -0.2) is 70.0 Å². The van der Waals surface area contributed by atoms with Crippen LogP contribution in [-0.2, 0) is 4.74 Å². The van der Waals surface area contributed by atoms with Gasteiger partial charge >= 0.3 is 6.09 Å². The lowest BCUT2D eigenvalue weighted by molar-refractivity contribution is 0.0507. The van der Waals surface area contributed by atoms with E-state index in [-0.39, 0.29) is 41.5 Å². The number of ether oxygens (including phenoxy) is 2. The molecule has 1 aromatic carbocycles. The van der Waals surface area contributed by atoms with Crippen LogP contribution < -0.4 is 20.3 Å². The predicted molar refractivity (Wildman–Crippen MR) is 150 cm³/mol. The van der Waals surface area contributed by atoms with Crippen LogP contribution in [0, 0.1) is 5.82 Å². The molecule has 0 spiro atoms. The number of hydrogen-bond acceptors (Lipinski definition) is 9. The number of aliphatic hydroxyl groups is 1. The molecule has 212 valence electrons. The summed E-state index contributed by atoms with van der Waals surface area (Å²) in [7, 11) is 1.41. The van der Waals surface area contributed by atoms with Gasteiger partial charge in [-0.1, -0.05) is 6.07 Å². The van der Waals surface area contributed by atoms with Gasteiger partial charge in [-0.2, -0.15) is 0 Å². The summed E-state index contributed by atoms with van der Waals surface area (Å²) < 4.78 is 25.7. The third-order valence-electron chi connectivity index (χ3n) is 6.01. The largest absolute Gasteiger partial charge is 0.496 e. The standard InChI is InChI=1S/C27H30BrFN6O5/c1-27(2,3)40-26(38)31-15-12-16(14-36)35(13-15)24-18(8-9-21(28)34-24)33-25(37)19-10-11-30-23(32-19)22-17(29)6-5-7-20(22)39-4/h5-11,15-16,36H,12-14H2,1-4H3,(H,31,38)(H,33,37)/t15-,16-/m0/s1. The van der Waals surface area contributed by atoms with E-state index in [2.05, 4.69) is 41.5 Å². The number of alkyl carbamates (subject to hydrolysis) is 1. The van der Waals surface area contributed by atoms with Crippen molar-refractivity contribution in [2.45, 2.75) is 44.9 Å². The maximum absolute atomic E-state index is 14.6. The van der Waals surface area contributed by atoms with Crippen LogP contribution in [0.15, 0.2) is 47.2 Å². The van der Waals surface area contributed by atoms with Crippen LogP contribution in [0.3, 0.4) is 0 Å². The van der Waals surface area contributed by atoms with Gasteiger partial charge < -0.3 is 30.1 Å². The van der Waals surface area contributed by atoms with E-state index in [1.54, 1.807) is 39.0 Å². The van der Waals surface area contributed by atoms with Gasteiger partial charge in [0.1, 0.15) is 27.5 Å². The lowest BCUT2D eigenvalue weighted by Crippen LogP contribution is -2.40. The van der Waals surface area contributed by atoms with Gasteiger partial charge in [0.05, 0.1) is 37.1 Å². The number of benzene rings is 1. The third kappa shape index (κ3) is 6.83. The fourth-order valence-electron chi connectivity index (χ4n) is 4.35. The molecule has 1 saturated heterocycles. The number of pyridine rings is 1. The molecule has 2 aromatic heterocycles. The second kappa shape index (κ2) is 12.1. The van der Waals surface area contributed by atoms with Crippen LogP contribution in [0.4, 0.5) is 20.7 Å². The highest BCUT2D eigenvalue weighted by molar-refractivity contribution is 9.10. The van der Waals surface area contributed by atoms with Crippen LogP contribution >= 0.6 is 15.9 Å². The normalized spacial score (nSPS) is 16.9. The summed E-state index contributed by atoms with van der Waals surface area (Å²) >= 11 is 3.37. The molecule has 2 amide bonds. The van der Waals surface area contributed by atoms with Crippen molar-refractivity contribution in [1.29, 1.82) is 0 Å². The third-order valence-corrected chi connectivity index (χ3v) is 6.46. The van der Waals surface area contributed by atoms with E-state index in [4.69, 9.17) is 9.47 Å². The number of aliphatic hydroxyl groups excluding tert-OH is 1. The van der Waals surface area contributed by atoms with Crippen molar-refractivity contribution in [1.82, 2.24) is 20.3 Å². The number of hydrogen-bond donors (Lipinski definition) is 3. The first-order valence-electron chi connectivity index (χ1n) is 12.5. The zero-order valence-corrected chi connectivity index (χ0v) is 24.0. The smallest absolute Gasteiger partial charge is 0.407 e. The topological polar surface area (TPSA) is 139 Å². The summed E-state index contributed by atoms with van der Waals surface area (Å²) in [5.74, 6) is -0.550. The van der Waals surface area contributed by atoms with Gasteiger partial charge in [0, 0.05) is 12.7 Å². The first-order chi connectivity index (χ1) is 19.0. The first kappa shape index (κ1) is 29.2. The van der Waals surface area contributed by atoms with Crippen molar-refractivity contribution in [3.8, 4) is 17.1 Å². The van der Waals surface area contributed by atoms with E-state index in [1.807, 2.05) is 4.90 Å². The number of aromatic nitrogens is 3. The van der Waals surface area contributed by atoms with Crippen molar-refractivity contribution in [2.24, 2.45) is 0 Å². The Morgan fingerprint density at radius 2 is 1.98 bits per heavy atom. The first-order valence-corrected chi connectivity index (χ1v) is 13.3. The molecule has 1 fully saturated rings. The molecule has 0 saturated carbocycles. The summed E-state index contributed by atoms with van der Waals surface area (Å²) in [6, 6.07) is 8.37. The number of amides is 2. The molecule has 3 N–H and O–H groups in total. The van der Waals surface area contributed by atoms with E-state index in [1.165, 1.54) is 31.5 Å². The number of halogens is 2. The minimum Gasteiger partial charge on any atom is -0.496 e. The van der Waals surface area contributed by atoms with E-state index in [0.717, 1.165) is 0 Å². The molecule has 3 aromatic rings. The van der Waals surface area contributed by atoms with Gasteiger partial charge in [-0.15, -0.1) is 0 Å². The molecule has 1 aliphatic heterocycles. The predicted octanol–water partition coefficient (Wildman–Crippen LogP) is 4.17. The molecule has 11 nitrogen and oxygen atoms in total. The molecular weight excluding hydrogens is 587 g/mol. The zero-order valence-electron chi connectivity index (χ0n) is 22.4. The minimum absolute atomic E-state index is 0.00576. The highest BCUT2D eigenvalue weighted by Crippen LogP contribution is 2.33. The molecule has 0 unspecified atom stereocenters. The van der Waals surface area contributed by atoms with Crippen LogP contribution in [0.2, 0.25) is 0 Å². The number of rotatable bonds is 7. The van der Waals surface area contributed by atoms with Gasteiger partial charge in [0.2, 0.25) is 0 Å². The molecule has 3 heterocycles. The highest BCUT2D eigenvalue weighted by atomic mass is 79.9. The average molecular weight is 617 g/mol. The SMILES string of the molecule is COc1cccc(F)c1-c1nccc(C(=O)Nc2ccc(Br)nc2N2C[C@@H](NC(=O)OC(C)(C)C)C[C@H]2CO)n1.